The van der Waals surface area contributed by atoms with Crippen molar-refractivity contribution in [1.82, 2.24) is 4.72 Å². The average Bonchev–Trinajstić information content (AvgIpc) is 2.46. The van der Waals surface area contributed by atoms with E-state index >= 15 is 0 Å². The van der Waals surface area contributed by atoms with Crippen molar-refractivity contribution in [2.45, 2.75) is 31.7 Å². The highest BCUT2D eigenvalue weighted by Crippen LogP contribution is 2.22. The third kappa shape index (κ3) is 4.56. The summed E-state index contributed by atoms with van der Waals surface area (Å²) in [6.07, 6.45) is 0. The third-order valence-corrected chi connectivity index (χ3v) is 5.15. The van der Waals surface area contributed by atoms with Gasteiger partial charge in [-0.1, -0.05) is 23.7 Å². The van der Waals surface area contributed by atoms with Gasteiger partial charge in [0.2, 0.25) is 10.0 Å². The highest BCUT2D eigenvalue weighted by Gasteiger charge is 2.19. The maximum absolute atomic E-state index is 12.4. The minimum Gasteiger partial charge on any atom is -0.322 e. The Labute approximate surface area is 147 Å². The van der Waals surface area contributed by atoms with E-state index in [2.05, 4.69) is 10.0 Å². The fourth-order valence-corrected chi connectivity index (χ4v) is 3.63. The first-order chi connectivity index (χ1) is 11.2. The molecule has 0 aromatic heterocycles. The van der Waals surface area contributed by atoms with Gasteiger partial charge in [0.1, 0.15) is 0 Å². The summed E-state index contributed by atoms with van der Waals surface area (Å²) >= 11 is 6.07. The Balaban J connectivity index is 2.33. The van der Waals surface area contributed by atoms with Crippen molar-refractivity contribution in [2.24, 2.45) is 0 Å². The summed E-state index contributed by atoms with van der Waals surface area (Å²) in [6.45, 7) is 5.35. The molecule has 0 radical (unpaired) electrons. The quantitative estimate of drug-likeness (QED) is 0.849. The Morgan fingerprint density at radius 1 is 1.12 bits per heavy atom. The van der Waals surface area contributed by atoms with E-state index in [9.17, 15) is 13.2 Å². The average molecular weight is 367 g/mol. The van der Waals surface area contributed by atoms with Crippen molar-refractivity contribution in [1.29, 1.82) is 0 Å². The number of nitrogens with one attached hydrogen (secondary N) is 2. The molecule has 0 aliphatic carbocycles. The van der Waals surface area contributed by atoms with Crippen LogP contribution in [0.3, 0.4) is 0 Å². The molecule has 1 amide bonds. The second-order valence-corrected chi connectivity index (χ2v) is 7.86. The van der Waals surface area contributed by atoms with Gasteiger partial charge in [0.05, 0.1) is 15.5 Å². The van der Waals surface area contributed by atoms with Crippen LogP contribution in [0.1, 0.15) is 29.8 Å². The minimum absolute atomic E-state index is 0.00464. The lowest BCUT2D eigenvalue weighted by Gasteiger charge is -2.12. The van der Waals surface area contributed by atoms with E-state index in [4.69, 9.17) is 11.6 Å². The zero-order valence-corrected chi connectivity index (χ0v) is 15.2. The van der Waals surface area contributed by atoms with Gasteiger partial charge in [-0.05, 0) is 56.7 Å². The molecule has 0 atom stereocenters. The number of carbonyl (C=O) groups is 1. The molecule has 128 valence electrons. The molecule has 5 nitrogen and oxygen atoms in total. The summed E-state index contributed by atoms with van der Waals surface area (Å²) in [5.74, 6) is -0.466. The molecule has 0 spiro atoms. The van der Waals surface area contributed by atoms with Crippen molar-refractivity contribution in [3.05, 3.63) is 58.6 Å². The first-order valence-corrected chi connectivity index (χ1v) is 9.25. The van der Waals surface area contributed by atoms with E-state index in [0.29, 0.717) is 5.69 Å². The fraction of sp³-hybridized carbons (Fsp3) is 0.235. The number of amides is 1. The van der Waals surface area contributed by atoms with E-state index in [1.807, 2.05) is 25.1 Å². The van der Waals surface area contributed by atoms with Crippen LogP contribution in [-0.4, -0.2) is 20.4 Å². The van der Waals surface area contributed by atoms with Crippen LogP contribution in [0.15, 0.2) is 47.4 Å². The standard InChI is InChI=1S/C17H19ClN2O3S/c1-11(2)20-24(22,23)14-7-8-16(18)15(10-14)17(21)19-13-6-4-5-12(3)9-13/h4-11,20H,1-3H3,(H,19,21). The normalized spacial score (nSPS) is 11.5. The SMILES string of the molecule is Cc1cccc(NC(=O)c2cc(S(=O)(=O)NC(C)C)ccc2Cl)c1. The Kier molecular flexibility index (Phi) is 5.64. The summed E-state index contributed by atoms with van der Waals surface area (Å²) in [6, 6.07) is 11.1. The van der Waals surface area contributed by atoms with Gasteiger partial charge in [-0.3, -0.25) is 4.79 Å². The molecule has 2 aromatic carbocycles. The molecule has 0 fully saturated rings. The van der Waals surface area contributed by atoms with Crippen LogP contribution in [0.5, 0.6) is 0 Å². The van der Waals surface area contributed by atoms with Crippen molar-refractivity contribution in [2.75, 3.05) is 5.32 Å². The van der Waals surface area contributed by atoms with Crippen molar-refractivity contribution in [3.63, 3.8) is 0 Å². The van der Waals surface area contributed by atoms with Gasteiger partial charge in [0.25, 0.3) is 5.91 Å². The Morgan fingerprint density at radius 3 is 2.46 bits per heavy atom. The largest absolute Gasteiger partial charge is 0.322 e. The Hall–Kier alpha value is -1.89. The van der Waals surface area contributed by atoms with Gasteiger partial charge in [-0.15, -0.1) is 0 Å². The maximum Gasteiger partial charge on any atom is 0.257 e. The lowest BCUT2D eigenvalue weighted by molar-refractivity contribution is 0.102. The number of carbonyl (C=O) groups excluding carboxylic acids is 1. The number of benzene rings is 2. The van der Waals surface area contributed by atoms with Crippen molar-refractivity contribution < 1.29 is 13.2 Å². The predicted octanol–water partition coefficient (Wildman–Crippen LogP) is 3.59. The van der Waals surface area contributed by atoms with Gasteiger partial charge in [-0.2, -0.15) is 0 Å². The first-order valence-electron chi connectivity index (χ1n) is 7.39. The summed E-state index contributed by atoms with van der Waals surface area (Å²) in [5, 5.41) is 2.90. The summed E-state index contributed by atoms with van der Waals surface area (Å²) in [7, 11) is -3.70. The molecule has 0 bridgehead atoms. The van der Waals surface area contributed by atoms with Gasteiger partial charge < -0.3 is 5.32 Å². The monoisotopic (exact) mass is 366 g/mol. The topological polar surface area (TPSA) is 75.3 Å². The number of rotatable bonds is 5. The minimum atomic E-state index is -3.70. The molecule has 0 heterocycles. The second kappa shape index (κ2) is 7.34. The van der Waals surface area contributed by atoms with Crippen LogP contribution in [0, 0.1) is 6.92 Å². The van der Waals surface area contributed by atoms with Gasteiger partial charge in [0, 0.05) is 11.7 Å². The van der Waals surface area contributed by atoms with Crippen LogP contribution in [0.25, 0.3) is 0 Å². The van der Waals surface area contributed by atoms with E-state index in [1.54, 1.807) is 19.9 Å². The molecular weight excluding hydrogens is 348 g/mol. The van der Waals surface area contributed by atoms with E-state index < -0.39 is 15.9 Å². The number of sulfonamides is 1. The molecule has 0 saturated heterocycles. The van der Waals surface area contributed by atoms with Crippen LogP contribution >= 0.6 is 11.6 Å². The zero-order chi connectivity index (χ0) is 17.9. The van der Waals surface area contributed by atoms with Gasteiger partial charge in [0.15, 0.2) is 0 Å². The summed E-state index contributed by atoms with van der Waals surface area (Å²) in [5.41, 5.74) is 1.71. The maximum atomic E-state index is 12.4. The summed E-state index contributed by atoms with van der Waals surface area (Å²) in [4.78, 5) is 12.4. The summed E-state index contributed by atoms with van der Waals surface area (Å²) < 4.78 is 27.0. The number of hydrogen-bond donors (Lipinski definition) is 2. The number of halogens is 1. The van der Waals surface area contributed by atoms with Crippen LogP contribution < -0.4 is 10.0 Å². The molecule has 0 aliphatic heterocycles. The number of aryl methyl sites for hydroxylation is 1. The zero-order valence-electron chi connectivity index (χ0n) is 13.6. The Bertz CT molecular complexity index is 864. The number of hydrogen-bond acceptors (Lipinski definition) is 3. The molecule has 24 heavy (non-hydrogen) atoms. The Morgan fingerprint density at radius 2 is 1.83 bits per heavy atom. The lowest BCUT2D eigenvalue weighted by Crippen LogP contribution is -2.30. The predicted molar refractivity (Wildman–Crippen MR) is 96.0 cm³/mol. The molecular formula is C17H19ClN2O3S. The van der Waals surface area contributed by atoms with E-state index in [1.165, 1.54) is 18.2 Å². The van der Waals surface area contributed by atoms with Gasteiger partial charge in [-0.25, -0.2) is 13.1 Å². The second-order valence-electron chi connectivity index (χ2n) is 5.74. The van der Waals surface area contributed by atoms with Gasteiger partial charge >= 0.3 is 0 Å². The first kappa shape index (κ1) is 18.4. The lowest BCUT2D eigenvalue weighted by atomic mass is 10.2. The highest BCUT2D eigenvalue weighted by molar-refractivity contribution is 7.89. The van der Waals surface area contributed by atoms with Crippen LogP contribution in [0.4, 0.5) is 5.69 Å². The third-order valence-electron chi connectivity index (χ3n) is 3.16. The molecule has 0 saturated carbocycles. The highest BCUT2D eigenvalue weighted by atomic mass is 35.5. The molecule has 0 unspecified atom stereocenters. The molecule has 0 aliphatic rings. The van der Waals surface area contributed by atoms with Crippen LogP contribution in [-0.2, 0) is 10.0 Å². The smallest absolute Gasteiger partial charge is 0.257 e. The molecule has 2 N–H and O–H groups in total. The molecule has 7 heteroatoms. The fourth-order valence-electron chi connectivity index (χ4n) is 2.15. The molecule has 2 rings (SSSR count). The van der Waals surface area contributed by atoms with Crippen LogP contribution in [0.2, 0.25) is 5.02 Å². The van der Waals surface area contributed by atoms with E-state index in [-0.39, 0.29) is 21.5 Å². The van der Waals surface area contributed by atoms with Crippen molar-refractivity contribution in [3.8, 4) is 0 Å². The number of anilines is 1. The van der Waals surface area contributed by atoms with E-state index in [0.717, 1.165) is 5.56 Å². The molecule has 2 aromatic rings. The van der Waals surface area contributed by atoms with Crippen molar-refractivity contribution >= 4 is 33.2 Å².